The van der Waals surface area contributed by atoms with E-state index in [4.69, 9.17) is 41.9 Å². The molecule has 1 amide bonds. The summed E-state index contributed by atoms with van der Waals surface area (Å²) in [5, 5.41) is 84.9. The van der Waals surface area contributed by atoms with Crippen LogP contribution in [0.2, 0.25) is 0 Å². The number of ether oxygens (including phenoxy) is 4. The Bertz CT molecular complexity index is 815. The van der Waals surface area contributed by atoms with Crippen LogP contribution in [0.25, 0.3) is 0 Å². The van der Waals surface area contributed by atoms with Crippen LogP contribution in [0.1, 0.15) is 12.8 Å². The molecule has 0 aromatic rings. The summed E-state index contributed by atoms with van der Waals surface area (Å²) >= 11 is 0. The molecule has 234 valence electrons. The van der Waals surface area contributed by atoms with Crippen molar-refractivity contribution in [3.05, 3.63) is 0 Å². The number of nitrogens with two attached hydrogens (primary N) is 4. The Morgan fingerprint density at radius 2 is 1.45 bits per heavy atom. The highest BCUT2D eigenvalue weighted by atomic mass is 16.7. The summed E-state index contributed by atoms with van der Waals surface area (Å²) in [5.41, 5.74) is 23.1. The van der Waals surface area contributed by atoms with Crippen LogP contribution in [0.5, 0.6) is 0 Å². The molecule has 2 heterocycles. The molecule has 3 aliphatic rings. The molecule has 16 atom stereocenters. The molecular formula is C22H43N5O13. The van der Waals surface area contributed by atoms with E-state index >= 15 is 0 Å². The number of hydrogen-bond donors (Lipinski definition) is 13. The predicted molar refractivity (Wildman–Crippen MR) is 131 cm³/mol. The van der Waals surface area contributed by atoms with Crippen molar-refractivity contribution in [1.29, 1.82) is 0 Å². The first-order valence-electron chi connectivity index (χ1n) is 13.1. The van der Waals surface area contributed by atoms with Crippen LogP contribution >= 0.6 is 0 Å². The highest BCUT2D eigenvalue weighted by Gasteiger charge is 2.52. The van der Waals surface area contributed by atoms with Gasteiger partial charge in [-0.1, -0.05) is 0 Å². The van der Waals surface area contributed by atoms with Gasteiger partial charge >= 0.3 is 0 Å². The highest BCUT2D eigenvalue weighted by Crippen LogP contribution is 2.32. The van der Waals surface area contributed by atoms with Crippen LogP contribution in [0.3, 0.4) is 0 Å². The molecule has 0 spiro atoms. The van der Waals surface area contributed by atoms with Gasteiger partial charge in [0, 0.05) is 12.6 Å². The third kappa shape index (κ3) is 7.06. The second kappa shape index (κ2) is 14.3. The fourth-order valence-electron chi connectivity index (χ4n) is 5.07. The van der Waals surface area contributed by atoms with Crippen LogP contribution in [-0.2, 0) is 23.7 Å². The number of amides is 1. The quantitative estimate of drug-likeness (QED) is 0.113. The van der Waals surface area contributed by atoms with Crippen molar-refractivity contribution >= 4 is 5.91 Å². The molecule has 0 unspecified atom stereocenters. The Balaban J connectivity index is 1.85. The summed E-state index contributed by atoms with van der Waals surface area (Å²) in [5.74, 6) is -0.845. The zero-order chi connectivity index (χ0) is 29.9. The molecule has 1 saturated carbocycles. The summed E-state index contributed by atoms with van der Waals surface area (Å²) in [4.78, 5) is 12.6. The minimum absolute atomic E-state index is 0.0101. The maximum absolute atomic E-state index is 12.6. The first-order chi connectivity index (χ1) is 18.9. The maximum atomic E-state index is 12.6. The monoisotopic (exact) mass is 585 g/mol. The lowest BCUT2D eigenvalue weighted by molar-refractivity contribution is -0.332. The van der Waals surface area contributed by atoms with Gasteiger partial charge in [0.2, 0.25) is 5.91 Å². The first-order valence-corrected chi connectivity index (χ1v) is 13.1. The molecule has 0 aromatic carbocycles. The maximum Gasteiger partial charge on any atom is 0.249 e. The number of nitrogens with one attached hydrogen (secondary N) is 1. The number of hydrogen-bond acceptors (Lipinski definition) is 17. The molecule has 0 bridgehead atoms. The second-order valence-electron chi connectivity index (χ2n) is 10.3. The Morgan fingerprint density at radius 1 is 0.850 bits per heavy atom. The van der Waals surface area contributed by atoms with Gasteiger partial charge < -0.3 is 88.1 Å². The first kappa shape index (κ1) is 33.3. The van der Waals surface area contributed by atoms with Gasteiger partial charge in [0.25, 0.3) is 0 Å². The third-order valence-electron chi connectivity index (χ3n) is 7.51. The van der Waals surface area contributed by atoms with Crippen LogP contribution in [0.15, 0.2) is 0 Å². The van der Waals surface area contributed by atoms with Gasteiger partial charge in [0.05, 0.1) is 18.7 Å². The van der Waals surface area contributed by atoms with E-state index < -0.39 is 110 Å². The van der Waals surface area contributed by atoms with E-state index in [-0.39, 0.29) is 25.9 Å². The van der Waals surface area contributed by atoms with Gasteiger partial charge in [-0.05, 0) is 19.4 Å². The second-order valence-corrected chi connectivity index (χ2v) is 10.3. The topological polar surface area (TPSA) is 332 Å². The average Bonchev–Trinajstić information content (AvgIpc) is 2.92. The van der Waals surface area contributed by atoms with E-state index in [2.05, 4.69) is 5.32 Å². The van der Waals surface area contributed by atoms with E-state index in [1.807, 2.05) is 0 Å². The van der Waals surface area contributed by atoms with Gasteiger partial charge in [0.1, 0.15) is 67.1 Å². The Morgan fingerprint density at radius 3 is 2.05 bits per heavy atom. The molecule has 2 saturated heterocycles. The molecule has 18 nitrogen and oxygen atoms in total. The molecule has 3 fully saturated rings. The highest BCUT2D eigenvalue weighted by molar-refractivity contribution is 5.80. The summed E-state index contributed by atoms with van der Waals surface area (Å²) in [6, 6.07) is -3.45. The van der Waals surface area contributed by atoms with E-state index in [9.17, 15) is 45.6 Å². The number of aliphatic hydroxyl groups excluding tert-OH is 8. The van der Waals surface area contributed by atoms with Crippen LogP contribution < -0.4 is 28.3 Å². The zero-order valence-corrected chi connectivity index (χ0v) is 21.7. The van der Waals surface area contributed by atoms with E-state index in [1.54, 1.807) is 0 Å². The minimum Gasteiger partial charge on any atom is -0.394 e. The fourth-order valence-corrected chi connectivity index (χ4v) is 5.07. The fraction of sp³-hybridized carbons (Fsp3) is 0.955. The lowest BCUT2D eigenvalue weighted by atomic mass is 9.83. The molecule has 1 aliphatic carbocycles. The largest absolute Gasteiger partial charge is 0.394 e. The Labute approximate surface area is 229 Å². The van der Waals surface area contributed by atoms with Crippen LogP contribution in [0.4, 0.5) is 0 Å². The zero-order valence-electron chi connectivity index (χ0n) is 21.7. The van der Waals surface area contributed by atoms with Crippen LogP contribution in [0, 0.1) is 0 Å². The summed E-state index contributed by atoms with van der Waals surface area (Å²) < 4.78 is 22.5. The molecule has 0 aromatic heterocycles. The van der Waals surface area contributed by atoms with Crippen molar-refractivity contribution in [2.45, 2.75) is 111 Å². The van der Waals surface area contributed by atoms with Gasteiger partial charge in [-0.2, -0.15) is 0 Å². The molecule has 18 heteroatoms. The normalized spacial score (nSPS) is 47.0. The van der Waals surface area contributed by atoms with Crippen molar-refractivity contribution in [3.8, 4) is 0 Å². The van der Waals surface area contributed by atoms with Crippen molar-refractivity contribution in [3.63, 3.8) is 0 Å². The van der Waals surface area contributed by atoms with Crippen LogP contribution in [-0.4, -0.2) is 164 Å². The third-order valence-corrected chi connectivity index (χ3v) is 7.51. The van der Waals surface area contributed by atoms with Crippen molar-refractivity contribution in [1.82, 2.24) is 5.32 Å². The molecular weight excluding hydrogens is 542 g/mol. The summed E-state index contributed by atoms with van der Waals surface area (Å²) in [6.45, 7) is -0.898. The number of aliphatic hydroxyl groups is 8. The molecule has 17 N–H and O–H groups in total. The van der Waals surface area contributed by atoms with E-state index in [0.29, 0.717) is 0 Å². The van der Waals surface area contributed by atoms with Gasteiger partial charge in [-0.15, -0.1) is 0 Å². The Hall–Kier alpha value is -1.17. The Kier molecular flexibility index (Phi) is 11.9. The number of rotatable bonds is 10. The minimum atomic E-state index is -1.76. The SMILES string of the molecule is NCC[C@@H](O)C(=O)N[C@@H]1C[C@H](N)[C@H](O[C@H]2O[C@H](CN)[C@@H](O)[C@@H](O)[C@H]2O)[C@H](O)[C@H]1O[C@H]1O[C@H](CO)[C@@H](O)[C@@H](N)[C@H]1O. The van der Waals surface area contributed by atoms with Crippen molar-refractivity contribution < 1.29 is 64.6 Å². The lowest BCUT2D eigenvalue weighted by Crippen LogP contribution is -2.69. The number of carbonyl (C=O) groups excluding carboxylic acids is 1. The van der Waals surface area contributed by atoms with Gasteiger partial charge in [0.15, 0.2) is 12.6 Å². The standard InChI is InChI=1S/C22H43N5O13/c23-2-1-8(29)20(36)27-7-3-6(25)18(39-22-16(34)15(33)13(31)9(4-24)37-22)17(35)19(7)40-21-14(32)11(26)12(30)10(5-28)38-21/h6-19,21-22,28-35H,1-5,23-26H2,(H,27,36)/t6-,7+,8+,9+,10+,11+,12+,13+,14+,15+,16+,17-,18-,19-,21+,22+/m0/s1. The molecule has 40 heavy (non-hydrogen) atoms. The summed E-state index contributed by atoms with van der Waals surface area (Å²) in [6.07, 6.45) is -19.8. The lowest BCUT2D eigenvalue weighted by Gasteiger charge is -2.49. The van der Waals surface area contributed by atoms with E-state index in [0.717, 1.165) is 0 Å². The predicted octanol–water partition coefficient (Wildman–Crippen LogP) is -8.42. The van der Waals surface area contributed by atoms with E-state index in [1.165, 1.54) is 0 Å². The molecule has 2 aliphatic heterocycles. The van der Waals surface area contributed by atoms with Crippen molar-refractivity contribution in [2.75, 3.05) is 19.7 Å². The van der Waals surface area contributed by atoms with Gasteiger partial charge in [-0.3, -0.25) is 4.79 Å². The molecule has 3 rings (SSSR count). The average molecular weight is 586 g/mol. The van der Waals surface area contributed by atoms with Gasteiger partial charge in [-0.25, -0.2) is 0 Å². The number of carbonyl (C=O) groups is 1. The summed E-state index contributed by atoms with van der Waals surface area (Å²) in [7, 11) is 0. The smallest absolute Gasteiger partial charge is 0.249 e. The molecule has 0 radical (unpaired) electrons. The van der Waals surface area contributed by atoms with Crippen molar-refractivity contribution in [2.24, 2.45) is 22.9 Å².